The molecule has 11 nitrogen and oxygen atoms in total. The molecule has 1 aromatic carbocycles. The van der Waals surface area contributed by atoms with Gasteiger partial charge < -0.3 is 9.73 Å². The van der Waals surface area contributed by atoms with Gasteiger partial charge in [-0.3, -0.25) is 9.36 Å². The number of sulfonamides is 1. The van der Waals surface area contributed by atoms with Crippen molar-refractivity contribution in [2.24, 2.45) is 0 Å². The summed E-state index contributed by atoms with van der Waals surface area (Å²) in [6, 6.07) is 7.71. The van der Waals surface area contributed by atoms with E-state index in [9.17, 15) is 18.0 Å². The van der Waals surface area contributed by atoms with Crippen LogP contribution in [0.4, 0.5) is 5.82 Å². The van der Waals surface area contributed by atoms with Gasteiger partial charge >= 0.3 is 5.76 Å². The van der Waals surface area contributed by atoms with Gasteiger partial charge in [0.2, 0.25) is 15.9 Å². The highest BCUT2D eigenvalue weighted by atomic mass is 32.2. The second kappa shape index (κ2) is 7.88. The number of hydrogen-bond donors (Lipinski definition) is 1. The molecule has 3 aromatic heterocycles. The highest BCUT2D eigenvalue weighted by Crippen LogP contribution is 2.24. The van der Waals surface area contributed by atoms with E-state index in [1.807, 2.05) is 0 Å². The quantitative estimate of drug-likeness (QED) is 0.464. The number of hydrogen-bond acceptors (Lipinski definition) is 7. The van der Waals surface area contributed by atoms with Crippen LogP contribution in [0.15, 0.2) is 56.8 Å². The van der Waals surface area contributed by atoms with Crippen molar-refractivity contribution in [3.8, 4) is 0 Å². The van der Waals surface area contributed by atoms with Crippen LogP contribution in [0.5, 0.6) is 0 Å². The van der Waals surface area contributed by atoms with E-state index in [4.69, 9.17) is 4.42 Å². The molecule has 0 aliphatic carbocycles. The van der Waals surface area contributed by atoms with Crippen molar-refractivity contribution in [2.75, 3.05) is 18.4 Å². The minimum atomic E-state index is -3.62. The van der Waals surface area contributed by atoms with E-state index in [1.165, 1.54) is 31.6 Å². The Kier molecular flexibility index (Phi) is 5.02. The fraction of sp³-hybridized carbons (Fsp3) is 0.300. The number of aryl methyl sites for hydroxylation is 1. The molecule has 0 spiro atoms. The van der Waals surface area contributed by atoms with Crippen molar-refractivity contribution < 1.29 is 17.6 Å². The lowest BCUT2D eigenvalue weighted by molar-refractivity contribution is -0.116. The molecule has 1 saturated heterocycles. The van der Waals surface area contributed by atoms with Crippen LogP contribution < -0.4 is 11.1 Å². The van der Waals surface area contributed by atoms with E-state index in [2.05, 4.69) is 15.4 Å². The number of oxazole rings is 1. The normalized spacial score (nSPS) is 15.0. The lowest BCUT2D eigenvalue weighted by Crippen LogP contribution is -2.27. The minimum Gasteiger partial charge on any atom is -0.408 e. The molecule has 1 N–H and O–H groups in total. The van der Waals surface area contributed by atoms with Crippen molar-refractivity contribution in [3.05, 3.63) is 53.3 Å². The molecule has 4 aromatic rings. The first kappa shape index (κ1) is 20.4. The average Bonchev–Trinajstić information content (AvgIpc) is 3.52. The van der Waals surface area contributed by atoms with Crippen molar-refractivity contribution in [1.82, 2.24) is 23.5 Å². The maximum Gasteiger partial charge on any atom is 0.419 e. The monoisotopic (exact) mass is 456 g/mol. The molecule has 0 bridgehead atoms. The van der Waals surface area contributed by atoms with Crippen LogP contribution in [0.1, 0.15) is 19.3 Å². The molecule has 166 valence electrons. The zero-order chi connectivity index (χ0) is 22.3. The SMILES string of the molecule is O=C(CCn1c(=O)oc2cc(S(=O)(=O)N3CCCC3)ccc21)Nc1ccnc2ccnn12. The summed E-state index contributed by atoms with van der Waals surface area (Å²) in [5, 5.41) is 6.86. The Labute approximate surface area is 182 Å². The van der Waals surface area contributed by atoms with Gasteiger partial charge in [0.05, 0.1) is 16.6 Å². The van der Waals surface area contributed by atoms with Crippen LogP contribution in [0, 0.1) is 0 Å². The first-order valence-corrected chi connectivity index (χ1v) is 11.6. The summed E-state index contributed by atoms with van der Waals surface area (Å²) in [5.74, 6) is -0.504. The predicted molar refractivity (Wildman–Crippen MR) is 115 cm³/mol. The minimum absolute atomic E-state index is 0.00739. The van der Waals surface area contributed by atoms with E-state index in [0.29, 0.717) is 30.1 Å². The van der Waals surface area contributed by atoms with Crippen LogP contribution in [0.2, 0.25) is 0 Å². The second-order valence-corrected chi connectivity index (χ2v) is 9.43. The van der Waals surface area contributed by atoms with Gasteiger partial charge in [0.25, 0.3) is 0 Å². The number of carbonyl (C=O) groups is 1. The van der Waals surface area contributed by atoms with Gasteiger partial charge in [-0.2, -0.15) is 13.9 Å². The molecular formula is C20H20N6O5S. The van der Waals surface area contributed by atoms with Gasteiger partial charge in [0.1, 0.15) is 5.82 Å². The van der Waals surface area contributed by atoms with Gasteiger partial charge in [-0.1, -0.05) is 0 Å². The van der Waals surface area contributed by atoms with Gasteiger partial charge in [0, 0.05) is 44.4 Å². The van der Waals surface area contributed by atoms with E-state index >= 15 is 0 Å². The fourth-order valence-corrected chi connectivity index (χ4v) is 5.38. The lowest BCUT2D eigenvalue weighted by atomic mass is 10.3. The van der Waals surface area contributed by atoms with Crippen LogP contribution in [0.25, 0.3) is 16.7 Å². The Hall–Kier alpha value is -3.51. The first-order valence-electron chi connectivity index (χ1n) is 10.2. The number of amides is 1. The number of nitrogens with zero attached hydrogens (tertiary/aromatic N) is 5. The second-order valence-electron chi connectivity index (χ2n) is 7.49. The van der Waals surface area contributed by atoms with E-state index < -0.39 is 15.8 Å². The topological polar surface area (TPSA) is 132 Å². The van der Waals surface area contributed by atoms with Crippen molar-refractivity contribution in [3.63, 3.8) is 0 Å². The van der Waals surface area contributed by atoms with Crippen LogP contribution in [-0.4, -0.2) is 50.9 Å². The summed E-state index contributed by atoms with van der Waals surface area (Å²) >= 11 is 0. The van der Waals surface area contributed by atoms with Crippen LogP contribution in [-0.2, 0) is 21.4 Å². The maximum atomic E-state index is 12.8. The number of aromatic nitrogens is 4. The largest absolute Gasteiger partial charge is 0.419 e. The predicted octanol–water partition coefficient (Wildman–Crippen LogP) is 1.45. The molecule has 0 radical (unpaired) electrons. The van der Waals surface area contributed by atoms with Crippen LogP contribution in [0.3, 0.4) is 0 Å². The highest BCUT2D eigenvalue weighted by Gasteiger charge is 2.28. The molecule has 0 unspecified atom stereocenters. The maximum absolute atomic E-state index is 12.8. The smallest absolute Gasteiger partial charge is 0.408 e. The molecule has 4 heterocycles. The van der Waals surface area contributed by atoms with Gasteiger partial charge in [-0.15, -0.1) is 0 Å². The highest BCUT2D eigenvalue weighted by molar-refractivity contribution is 7.89. The third-order valence-electron chi connectivity index (χ3n) is 5.46. The zero-order valence-corrected chi connectivity index (χ0v) is 17.8. The molecule has 12 heteroatoms. The number of carbonyl (C=O) groups excluding carboxylic acids is 1. The van der Waals surface area contributed by atoms with Crippen molar-refractivity contribution >= 4 is 38.5 Å². The van der Waals surface area contributed by atoms with Crippen molar-refractivity contribution in [1.29, 1.82) is 0 Å². The summed E-state index contributed by atoms with van der Waals surface area (Å²) in [6.07, 6.45) is 4.82. The molecule has 1 amide bonds. The third-order valence-corrected chi connectivity index (χ3v) is 7.36. The number of benzene rings is 1. The Bertz CT molecular complexity index is 1480. The Morgan fingerprint density at radius 2 is 1.94 bits per heavy atom. The number of rotatable bonds is 6. The number of nitrogens with one attached hydrogen (secondary N) is 1. The molecule has 32 heavy (non-hydrogen) atoms. The molecule has 1 aliphatic heterocycles. The molecular weight excluding hydrogens is 436 g/mol. The van der Waals surface area contributed by atoms with E-state index in [-0.39, 0.29) is 29.4 Å². The van der Waals surface area contributed by atoms with Gasteiger partial charge in [-0.05, 0) is 31.0 Å². The Morgan fingerprint density at radius 1 is 1.12 bits per heavy atom. The summed E-state index contributed by atoms with van der Waals surface area (Å²) in [7, 11) is -3.62. The van der Waals surface area contributed by atoms with E-state index in [1.54, 1.807) is 24.5 Å². The first-order chi connectivity index (χ1) is 15.4. The molecule has 0 atom stereocenters. The fourth-order valence-electron chi connectivity index (χ4n) is 3.84. The standard InChI is InChI=1S/C20H20N6O5S/c27-19(23-18-5-8-21-17-6-9-22-26(17)18)7-12-25-15-4-3-14(13-16(15)31-20(25)28)32(29,30)24-10-1-2-11-24/h3-6,8-9,13H,1-2,7,10-12H2,(H,23,27). The summed E-state index contributed by atoms with van der Waals surface area (Å²) in [4.78, 5) is 29.0. The molecule has 1 aliphatic rings. The Morgan fingerprint density at radius 3 is 2.75 bits per heavy atom. The summed E-state index contributed by atoms with van der Waals surface area (Å²) in [6.45, 7) is 1.05. The molecule has 1 fully saturated rings. The summed E-state index contributed by atoms with van der Waals surface area (Å²) in [5.41, 5.74) is 1.20. The summed E-state index contributed by atoms with van der Waals surface area (Å²) < 4.78 is 35.0. The zero-order valence-electron chi connectivity index (χ0n) is 17.0. The van der Waals surface area contributed by atoms with Gasteiger partial charge in [-0.25, -0.2) is 18.2 Å². The lowest BCUT2D eigenvalue weighted by Gasteiger charge is -2.15. The van der Waals surface area contributed by atoms with Crippen molar-refractivity contribution in [2.45, 2.75) is 30.7 Å². The number of fused-ring (bicyclic) bond motifs is 2. The molecule has 5 rings (SSSR count). The number of anilines is 1. The average molecular weight is 456 g/mol. The molecule has 0 saturated carbocycles. The Balaban J connectivity index is 1.34. The van der Waals surface area contributed by atoms with Crippen LogP contribution >= 0.6 is 0 Å². The third kappa shape index (κ3) is 3.56. The van der Waals surface area contributed by atoms with E-state index in [0.717, 1.165) is 12.8 Å². The van der Waals surface area contributed by atoms with Gasteiger partial charge in [0.15, 0.2) is 11.2 Å².